The molecule has 0 aromatic rings. The third-order valence-electron chi connectivity index (χ3n) is 3.68. The summed E-state index contributed by atoms with van der Waals surface area (Å²) in [6.45, 7) is 4.44. The molecule has 1 aliphatic heterocycles. The molecule has 6 heteroatoms. The predicted molar refractivity (Wildman–Crippen MR) is 73.9 cm³/mol. The molecule has 0 aliphatic carbocycles. The molecule has 1 saturated heterocycles. The first-order valence-electron chi connectivity index (χ1n) is 7.35. The van der Waals surface area contributed by atoms with Crippen molar-refractivity contribution in [2.75, 3.05) is 33.3 Å². The van der Waals surface area contributed by atoms with Crippen LogP contribution in [0.3, 0.4) is 0 Å². The average Bonchev–Trinajstić information content (AvgIpc) is 2.42. The first kappa shape index (κ1) is 17.3. The Morgan fingerprint density at radius 1 is 1.45 bits per heavy atom. The number of rotatable bonds is 8. The molecule has 20 heavy (non-hydrogen) atoms. The van der Waals surface area contributed by atoms with E-state index in [9.17, 15) is 13.6 Å². The Bertz CT molecular complexity index is 290. The van der Waals surface area contributed by atoms with E-state index in [0.717, 1.165) is 38.9 Å². The van der Waals surface area contributed by atoms with Gasteiger partial charge in [-0.3, -0.25) is 4.79 Å². The first-order chi connectivity index (χ1) is 9.55. The molecule has 1 rings (SSSR count). The predicted octanol–water partition coefficient (Wildman–Crippen LogP) is 1.89. The van der Waals surface area contributed by atoms with Gasteiger partial charge in [0, 0.05) is 25.6 Å². The molecule has 0 aromatic carbocycles. The van der Waals surface area contributed by atoms with E-state index >= 15 is 0 Å². The molecule has 0 saturated carbocycles. The molecule has 4 nitrogen and oxygen atoms in total. The lowest BCUT2D eigenvalue weighted by Crippen LogP contribution is -2.50. The summed E-state index contributed by atoms with van der Waals surface area (Å²) in [6, 6.07) is 0.0317. The second kappa shape index (κ2) is 9.23. The van der Waals surface area contributed by atoms with Gasteiger partial charge in [0.1, 0.15) is 0 Å². The highest BCUT2D eigenvalue weighted by Gasteiger charge is 2.28. The number of hydrogen-bond donors (Lipinski definition) is 1. The van der Waals surface area contributed by atoms with Gasteiger partial charge in [-0.15, -0.1) is 0 Å². The number of alkyl halides is 2. The van der Waals surface area contributed by atoms with E-state index in [4.69, 9.17) is 4.74 Å². The third kappa shape index (κ3) is 6.61. The van der Waals surface area contributed by atoms with Crippen LogP contribution in [0, 0.1) is 5.92 Å². The molecule has 0 spiro atoms. The Hall–Kier alpha value is -0.750. The average molecular weight is 292 g/mol. The molecule has 1 aliphatic rings. The summed E-state index contributed by atoms with van der Waals surface area (Å²) in [5.41, 5.74) is 0. The summed E-state index contributed by atoms with van der Waals surface area (Å²) in [4.78, 5) is 13.7. The lowest BCUT2D eigenvalue weighted by molar-refractivity contribution is -0.142. The molecule has 0 aromatic heterocycles. The highest BCUT2D eigenvalue weighted by Crippen LogP contribution is 2.21. The van der Waals surface area contributed by atoms with Gasteiger partial charge in [-0.05, 0) is 25.3 Å². The molecule has 1 N–H and O–H groups in total. The van der Waals surface area contributed by atoms with E-state index in [-0.39, 0.29) is 24.5 Å². The zero-order chi connectivity index (χ0) is 15.0. The van der Waals surface area contributed by atoms with Crippen LogP contribution >= 0.6 is 0 Å². The Kier molecular flexibility index (Phi) is 7.99. The molecule has 2 atom stereocenters. The zero-order valence-electron chi connectivity index (χ0n) is 12.4. The second-order valence-corrected chi connectivity index (χ2v) is 5.49. The Morgan fingerprint density at radius 2 is 2.20 bits per heavy atom. The fourth-order valence-corrected chi connectivity index (χ4v) is 2.74. The number of carbonyl (C=O) groups is 1. The fraction of sp³-hybridized carbons (Fsp3) is 0.929. The van der Waals surface area contributed by atoms with Crippen molar-refractivity contribution in [1.82, 2.24) is 10.2 Å². The normalized spacial score (nSPS) is 24.1. The number of hydrogen-bond acceptors (Lipinski definition) is 4. The number of esters is 1. The number of nitrogens with one attached hydrogen (secondary N) is 1. The number of halogens is 2. The molecule has 0 bridgehead atoms. The van der Waals surface area contributed by atoms with Crippen LogP contribution in [0.2, 0.25) is 0 Å². The SMILES string of the molecule is CCCCN1CC(CC(=O)OC)CC(NCC(F)F)C1. The second-order valence-electron chi connectivity index (χ2n) is 5.49. The Labute approximate surface area is 119 Å². The van der Waals surface area contributed by atoms with Crippen LogP contribution in [0.15, 0.2) is 0 Å². The van der Waals surface area contributed by atoms with Crippen molar-refractivity contribution in [3.63, 3.8) is 0 Å². The monoisotopic (exact) mass is 292 g/mol. The molecule has 1 fully saturated rings. The summed E-state index contributed by atoms with van der Waals surface area (Å²) in [7, 11) is 1.38. The van der Waals surface area contributed by atoms with Crippen LogP contribution in [-0.4, -0.2) is 56.6 Å². The van der Waals surface area contributed by atoms with Gasteiger partial charge in [-0.25, -0.2) is 8.78 Å². The van der Waals surface area contributed by atoms with Gasteiger partial charge in [-0.1, -0.05) is 13.3 Å². The minimum Gasteiger partial charge on any atom is -0.469 e. The summed E-state index contributed by atoms with van der Waals surface area (Å²) in [6.07, 6.45) is 0.982. The van der Waals surface area contributed by atoms with Crippen molar-refractivity contribution >= 4 is 5.97 Å². The van der Waals surface area contributed by atoms with E-state index in [1.807, 2.05) is 0 Å². The molecule has 2 unspecified atom stereocenters. The minimum atomic E-state index is -2.33. The molecule has 0 radical (unpaired) electrons. The third-order valence-corrected chi connectivity index (χ3v) is 3.68. The van der Waals surface area contributed by atoms with Crippen LogP contribution in [-0.2, 0) is 9.53 Å². The van der Waals surface area contributed by atoms with Gasteiger partial charge in [-0.2, -0.15) is 0 Å². The number of likely N-dealkylation sites (tertiary alicyclic amines) is 1. The Morgan fingerprint density at radius 3 is 2.80 bits per heavy atom. The number of piperidine rings is 1. The van der Waals surface area contributed by atoms with E-state index in [0.29, 0.717) is 6.42 Å². The van der Waals surface area contributed by atoms with Crippen molar-refractivity contribution in [2.45, 2.75) is 45.1 Å². The molecular weight excluding hydrogens is 266 g/mol. The quantitative estimate of drug-likeness (QED) is 0.694. The molecular formula is C14H26F2N2O2. The lowest BCUT2D eigenvalue weighted by atomic mass is 9.91. The van der Waals surface area contributed by atoms with E-state index < -0.39 is 6.43 Å². The number of carbonyl (C=O) groups excluding carboxylic acids is 1. The lowest BCUT2D eigenvalue weighted by Gasteiger charge is -2.38. The van der Waals surface area contributed by atoms with E-state index in [1.54, 1.807) is 0 Å². The van der Waals surface area contributed by atoms with Crippen molar-refractivity contribution in [2.24, 2.45) is 5.92 Å². The maximum absolute atomic E-state index is 12.3. The fourth-order valence-electron chi connectivity index (χ4n) is 2.74. The number of methoxy groups -OCH3 is 1. The van der Waals surface area contributed by atoms with Crippen LogP contribution in [0.4, 0.5) is 8.78 Å². The van der Waals surface area contributed by atoms with Gasteiger partial charge < -0.3 is 15.0 Å². The largest absolute Gasteiger partial charge is 0.469 e. The van der Waals surface area contributed by atoms with Gasteiger partial charge in [0.05, 0.1) is 13.7 Å². The maximum atomic E-state index is 12.3. The van der Waals surface area contributed by atoms with Gasteiger partial charge >= 0.3 is 5.97 Å². The van der Waals surface area contributed by atoms with Crippen molar-refractivity contribution in [3.8, 4) is 0 Å². The summed E-state index contributed by atoms with van der Waals surface area (Å²) in [5, 5.41) is 2.90. The minimum absolute atomic E-state index is 0.0317. The van der Waals surface area contributed by atoms with Crippen LogP contribution in [0.25, 0.3) is 0 Å². The number of nitrogens with zero attached hydrogens (tertiary/aromatic N) is 1. The summed E-state index contributed by atoms with van der Waals surface area (Å²) >= 11 is 0. The van der Waals surface area contributed by atoms with Crippen LogP contribution in [0.5, 0.6) is 0 Å². The smallest absolute Gasteiger partial charge is 0.305 e. The maximum Gasteiger partial charge on any atom is 0.305 e. The summed E-state index contributed by atoms with van der Waals surface area (Å²) < 4.78 is 29.3. The molecule has 0 amide bonds. The van der Waals surface area contributed by atoms with Crippen LogP contribution in [0.1, 0.15) is 32.6 Å². The van der Waals surface area contributed by atoms with Gasteiger partial charge in [0.2, 0.25) is 0 Å². The standard InChI is InChI=1S/C14H26F2N2O2/c1-3-4-5-18-9-11(7-14(19)20-2)6-12(10-18)17-8-13(15)16/h11-13,17H,3-10H2,1-2H3. The highest BCUT2D eigenvalue weighted by atomic mass is 19.3. The first-order valence-corrected chi connectivity index (χ1v) is 7.35. The molecule has 118 valence electrons. The van der Waals surface area contributed by atoms with Crippen LogP contribution < -0.4 is 5.32 Å². The van der Waals surface area contributed by atoms with Crippen molar-refractivity contribution in [1.29, 1.82) is 0 Å². The Balaban J connectivity index is 2.50. The van der Waals surface area contributed by atoms with Gasteiger partial charge in [0.15, 0.2) is 0 Å². The van der Waals surface area contributed by atoms with Crippen molar-refractivity contribution < 1.29 is 18.3 Å². The van der Waals surface area contributed by atoms with Crippen molar-refractivity contribution in [3.05, 3.63) is 0 Å². The molecule has 1 heterocycles. The van der Waals surface area contributed by atoms with E-state index in [2.05, 4.69) is 17.1 Å². The van der Waals surface area contributed by atoms with Gasteiger partial charge in [0.25, 0.3) is 6.43 Å². The van der Waals surface area contributed by atoms with E-state index in [1.165, 1.54) is 7.11 Å². The highest BCUT2D eigenvalue weighted by molar-refractivity contribution is 5.69. The number of ether oxygens (including phenoxy) is 1. The summed E-state index contributed by atoms with van der Waals surface area (Å²) in [5.74, 6) is -0.0387. The topological polar surface area (TPSA) is 41.6 Å². The zero-order valence-corrected chi connectivity index (χ0v) is 12.4. The number of unbranched alkanes of at least 4 members (excludes halogenated alkanes) is 1.